The second-order valence-electron chi connectivity index (χ2n) is 7.14. The molecule has 3 heterocycles. The molecule has 2 atom stereocenters. The summed E-state index contributed by atoms with van der Waals surface area (Å²) in [7, 11) is 0. The minimum atomic E-state index is 0.150. The van der Waals surface area contributed by atoms with Gasteiger partial charge in [0.1, 0.15) is 10.3 Å². The zero-order valence-corrected chi connectivity index (χ0v) is 17.1. The van der Waals surface area contributed by atoms with E-state index in [0.29, 0.717) is 11.8 Å². The Kier molecular flexibility index (Phi) is 4.36. The van der Waals surface area contributed by atoms with Crippen LogP contribution in [0.4, 0.5) is 5.13 Å². The monoisotopic (exact) mass is 442 g/mol. The highest BCUT2D eigenvalue weighted by Gasteiger charge is 2.46. The van der Waals surface area contributed by atoms with E-state index in [-0.39, 0.29) is 5.92 Å². The number of carbonyl (C=O) groups is 1. The molecular weight excluding hydrogens is 424 g/mol. The quantitative estimate of drug-likeness (QED) is 0.616. The number of benzene rings is 1. The smallest absolute Gasteiger partial charge is 0.226 e. The van der Waals surface area contributed by atoms with Gasteiger partial charge in [-0.25, -0.2) is 9.97 Å². The number of hydrogen-bond donors (Lipinski definition) is 0. The molecule has 1 saturated heterocycles. The Bertz CT molecular complexity index is 965. The van der Waals surface area contributed by atoms with Crippen LogP contribution in [-0.2, 0) is 4.79 Å². The number of amides is 1. The second-order valence-corrected chi connectivity index (χ2v) is 9.01. The van der Waals surface area contributed by atoms with E-state index in [0.717, 1.165) is 52.6 Å². The largest absolute Gasteiger partial charge is 0.344 e. The summed E-state index contributed by atoms with van der Waals surface area (Å²) >= 11 is 5.15. The van der Waals surface area contributed by atoms with Crippen molar-refractivity contribution in [2.24, 2.45) is 5.92 Å². The van der Waals surface area contributed by atoms with Crippen molar-refractivity contribution in [3.8, 4) is 0 Å². The zero-order chi connectivity index (χ0) is 18.4. The SMILES string of the molecule is O=C(C1CC1c1cccc(Br)c1)N1CCN(c2nc3cccnc3s2)CC1. The fraction of sp³-hybridized carbons (Fsp3) is 0.350. The summed E-state index contributed by atoms with van der Waals surface area (Å²) in [6, 6.07) is 12.3. The highest BCUT2D eigenvalue weighted by Crippen LogP contribution is 2.49. The van der Waals surface area contributed by atoms with Gasteiger partial charge < -0.3 is 9.80 Å². The molecule has 138 valence electrons. The number of fused-ring (bicyclic) bond motifs is 1. The van der Waals surface area contributed by atoms with Gasteiger partial charge in [-0.05, 0) is 42.2 Å². The maximum Gasteiger partial charge on any atom is 0.226 e. The zero-order valence-electron chi connectivity index (χ0n) is 14.7. The summed E-state index contributed by atoms with van der Waals surface area (Å²) in [6.07, 6.45) is 2.78. The van der Waals surface area contributed by atoms with E-state index >= 15 is 0 Å². The molecule has 1 aliphatic carbocycles. The van der Waals surface area contributed by atoms with Crippen molar-refractivity contribution in [2.75, 3.05) is 31.1 Å². The van der Waals surface area contributed by atoms with Crippen molar-refractivity contribution in [1.29, 1.82) is 0 Å². The fourth-order valence-electron chi connectivity index (χ4n) is 3.82. The number of thiazole rings is 1. The standard InChI is InChI=1S/C20H19BrN4OS/c21-14-4-1-3-13(11-14)15-12-16(15)19(26)24-7-9-25(10-8-24)20-23-17-5-2-6-22-18(17)27-20/h1-6,11,15-16H,7-10,12H2. The number of carbonyl (C=O) groups excluding carboxylic acids is 1. The molecule has 5 rings (SSSR count). The average Bonchev–Trinajstić information content (AvgIpc) is 3.38. The van der Waals surface area contributed by atoms with Crippen LogP contribution >= 0.6 is 27.3 Å². The van der Waals surface area contributed by atoms with E-state index in [1.54, 1.807) is 17.5 Å². The minimum Gasteiger partial charge on any atom is -0.344 e. The van der Waals surface area contributed by atoms with Gasteiger partial charge in [0.2, 0.25) is 5.91 Å². The first-order valence-corrected chi connectivity index (χ1v) is 10.8. The predicted molar refractivity (Wildman–Crippen MR) is 111 cm³/mol. The minimum absolute atomic E-state index is 0.150. The van der Waals surface area contributed by atoms with E-state index < -0.39 is 0 Å². The number of rotatable bonds is 3. The fourth-order valence-corrected chi connectivity index (χ4v) is 5.20. The van der Waals surface area contributed by atoms with E-state index in [1.807, 2.05) is 29.2 Å². The maximum atomic E-state index is 12.9. The number of piperazine rings is 1. The summed E-state index contributed by atoms with van der Waals surface area (Å²) < 4.78 is 1.08. The van der Waals surface area contributed by atoms with Gasteiger partial charge in [-0.2, -0.15) is 0 Å². The van der Waals surface area contributed by atoms with Crippen molar-refractivity contribution < 1.29 is 4.79 Å². The van der Waals surface area contributed by atoms with Crippen molar-refractivity contribution in [3.63, 3.8) is 0 Å². The first kappa shape index (κ1) is 17.1. The van der Waals surface area contributed by atoms with Crippen LogP contribution in [0.5, 0.6) is 0 Å². The van der Waals surface area contributed by atoms with E-state index in [1.165, 1.54) is 5.56 Å². The number of nitrogens with zero attached hydrogens (tertiary/aromatic N) is 4. The molecule has 0 radical (unpaired) electrons. The van der Waals surface area contributed by atoms with Gasteiger partial charge >= 0.3 is 0 Å². The summed E-state index contributed by atoms with van der Waals surface area (Å²) in [5, 5.41) is 1.01. The van der Waals surface area contributed by atoms with Gasteiger partial charge in [-0.1, -0.05) is 39.4 Å². The van der Waals surface area contributed by atoms with Crippen LogP contribution < -0.4 is 4.90 Å². The highest BCUT2D eigenvalue weighted by molar-refractivity contribution is 9.10. The molecule has 27 heavy (non-hydrogen) atoms. The number of aromatic nitrogens is 2. The Balaban J connectivity index is 1.21. The summed E-state index contributed by atoms with van der Waals surface area (Å²) in [5.41, 5.74) is 2.22. The van der Waals surface area contributed by atoms with Gasteiger partial charge in [0.25, 0.3) is 0 Å². The lowest BCUT2D eigenvalue weighted by Crippen LogP contribution is -2.49. The highest BCUT2D eigenvalue weighted by atomic mass is 79.9. The van der Waals surface area contributed by atoms with E-state index in [4.69, 9.17) is 0 Å². The first-order chi connectivity index (χ1) is 13.2. The first-order valence-electron chi connectivity index (χ1n) is 9.20. The lowest BCUT2D eigenvalue weighted by molar-refractivity contribution is -0.132. The molecule has 2 aromatic heterocycles. The van der Waals surface area contributed by atoms with Gasteiger partial charge in [-0.15, -0.1) is 0 Å². The Labute approximate surface area is 170 Å². The molecule has 1 amide bonds. The summed E-state index contributed by atoms with van der Waals surface area (Å²) in [4.78, 5) is 27.2. The Morgan fingerprint density at radius 2 is 2.00 bits per heavy atom. The van der Waals surface area contributed by atoms with Crippen LogP contribution in [0.15, 0.2) is 47.1 Å². The van der Waals surface area contributed by atoms with Crippen LogP contribution in [-0.4, -0.2) is 47.0 Å². The van der Waals surface area contributed by atoms with Gasteiger partial charge in [-0.3, -0.25) is 4.79 Å². The molecule has 2 unspecified atom stereocenters. The predicted octanol–water partition coefficient (Wildman–Crippen LogP) is 3.91. The topological polar surface area (TPSA) is 49.3 Å². The number of pyridine rings is 1. The normalized spacial score (nSPS) is 22.3. The van der Waals surface area contributed by atoms with Crippen molar-refractivity contribution in [1.82, 2.24) is 14.9 Å². The van der Waals surface area contributed by atoms with Crippen LogP contribution in [0.2, 0.25) is 0 Å². The van der Waals surface area contributed by atoms with Crippen LogP contribution in [0.1, 0.15) is 17.9 Å². The van der Waals surface area contributed by atoms with Crippen LogP contribution in [0.25, 0.3) is 10.3 Å². The van der Waals surface area contributed by atoms with Gasteiger partial charge in [0.15, 0.2) is 5.13 Å². The number of anilines is 1. The molecule has 1 aromatic carbocycles. The van der Waals surface area contributed by atoms with Crippen LogP contribution in [0, 0.1) is 5.92 Å². The maximum absolute atomic E-state index is 12.9. The third-order valence-corrected chi connectivity index (χ3v) is 6.93. The van der Waals surface area contributed by atoms with Crippen molar-refractivity contribution in [2.45, 2.75) is 12.3 Å². The molecule has 1 saturated carbocycles. The van der Waals surface area contributed by atoms with Gasteiger partial charge in [0, 0.05) is 42.8 Å². The molecule has 0 N–H and O–H groups in total. The Morgan fingerprint density at radius 1 is 1.15 bits per heavy atom. The van der Waals surface area contributed by atoms with E-state index in [9.17, 15) is 4.79 Å². The third-order valence-electron chi connectivity index (χ3n) is 5.40. The summed E-state index contributed by atoms with van der Waals surface area (Å²) in [6.45, 7) is 3.20. The molecule has 1 aliphatic heterocycles. The average molecular weight is 443 g/mol. The summed E-state index contributed by atoms with van der Waals surface area (Å²) in [5.74, 6) is 0.839. The molecule has 3 aromatic rings. The van der Waals surface area contributed by atoms with Crippen molar-refractivity contribution >= 4 is 48.7 Å². The Morgan fingerprint density at radius 3 is 2.78 bits per heavy atom. The van der Waals surface area contributed by atoms with E-state index in [2.05, 4.69) is 42.9 Å². The number of hydrogen-bond acceptors (Lipinski definition) is 5. The lowest BCUT2D eigenvalue weighted by Gasteiger charge is -2.34. The van der Waals surface area contributed by atoms with Crippen LogP contribution in [0.3, 0.4) is 0 Å². The van der Waals surface area contributed by atoms with Gasteiger partial charge in [0.05, 0.1) is 0 Å². The molecule has 2 aliphatic rings. The molecule has 0 bridgehead atoms. The third kappa shape index (κ3) is 3.34. The van der Waals surface area contributed by atoms with Crippen molar-refractivity contribution in [3.05, 3.63) is 52.6 Å². The molecular formula is C20H19BrN4OS. The second kappa shape index (κ2) is 6.87. The lowest BCUT2D eigenvalue weighted by atomic mass is 10.1. The Hall–Kier alpha value is -1.99. The molecule has 5 nitrogen and oxygen atoms in total. The number of halogens is 1. The molecule has 0 spiro atoms. The molecule has 7 heteroatoms. The molecule has 2 fully saturated rings.